The number of aliphatic carboxylic acids is 1. The van der Waals surface area contributed by atoms with Gasteiger partial charge in [0.1, 0.15) is 11.9 Å². The highest BCUT2D eigenvalue weighted by molar-refractivity contribution is 6.00. The molecule has 2 rings (SSSR count). The number of carboxylic acid groups (broad SMARTS) is 1. The standard InChI is InChI=1S/C18H18O5/c1-12(13-7-4-3-5-8-13)23-18(21)16(17(19)20)14-9-6-10-15(11-14)22-2/h3-12,16H,1-2H3,(H,19,20). The molecule has 0 aliphatic rings. The molecule has 5 nitrogen and oxygen atoms in total. The van der Waals surface area contributed by atoms with Crippen molar-refractivity contribution in [3.8, 4) is 5.75 Å². The number of ether oxygens (including phenoxy) is 2. The van der Waals surface area contributed by atoms with Crippen LogP contribution < -0.4 is 4.74 Å². The molecule has 120 valence electrons. The van der Waals surface area contributed by atoms with Gasteiger partial charge in [-0.1, -0.05) is 42.5 Å². The van der Waals surface area contributed by atoms with E-state index < -0.39 is 24.0 Å². The first kappa shape index (κ1) is 16.5. The van der Waals surface area contributed by atoms with Gasteiger partial charge < -0.3 is 14.6 Å². The molecule has 0 saturated carbocycles. The zero-order valence-electron chi connectivity index (χ0n) is 12.9. The molecule has 2 unspecified atom stereocenters. The van der Waals surface area contributed by atoms with Crippen LogP contribution in [0.2, 0.25) is 0 Å². The summed E-state index contributed by atoms with van der Waals surface area (Å²) in [7, 11) is 1.48. The van der Waals surface area contributed by atoms with Gasteiger partial charge in [-0.05, 0) is 30.2 Å². The van der Waals surface area contributed by atoms with Crippen LogP contribution in [-0.4, -0.2) is 24.2 Å². The molecule has 5 heteroatoms. The Kier molecular flexibility index (Phi) is 5.36. The van der Waals surface area contributed by atoms with Crippen molar-refractivity contribution < 1.29 is 24.2 Å². The van der Waals surface area contributed by atoms with Crippen LogP contribution in [-0.2, 0) is 14.3 Å². The van der Waals surface area contributed by atoms with Crippen LogP contribution in [0.5, 0.6) is 5.75 Å². The lowest BCUT2D eigenvalue weighted by molar-refractivity contribution is -0.157. The number of rotatable bonds is 6. The molecule has 0 bridgehead atoms. The Morgan fingerprint density at radius 3 is 2.26 bits per heavy atom. The number of carboxylic acids is 1. The van der Waals surface area contributed by atoms with Gasteiger partial charge >= 0.3 is 11.9 Å². The lowest BCUT2D eigenvalue weighted by atomic mass is 9.99. The monoisotopic (exact) mass is 314 g/mol. The predicted molar refractivity (Wildman–Crippen MR) is 84.3 cm³/mol. The third-order valence-electron chi connectivity index (χ3n) is 3.47. The Bertz CT molecular complexity index is 681. The van der Waals surface area contributed by atoms with E-state index in [1.807, 2.05) is 30.3 Å². The third kappa shape index (κ3) is 4.10. The fraction of sp³-hybridized carbons (Fsp3) is 0.222. The number of methoxy groups -OCH3 is 1. The second-order valence-corrected chi connectivity index (χ2v) is 5.04. The summed E-state index contributed by atoms with van der Waals surface area (Å²) in [6, 6.07) is 15.6. The maximum atomic E-state index is 12.3. The van der Waals surface area contributed by atoms with Crippen LogP contribution in [0.15, 0.2) is 54.6 Å². The van der Waals surface area contributed by atoms with Crippen molar-refractivity contribution in [3.05, 3.63) is 65.7 Å². The third-order valence-corrected chi connectivity index (χ3v) is 3.47. The molecule has 0 heterocycles. The topological polar surface area (TPSA) is 72.8 Å². The number of hydrogen-bond donors (Lipinski definition) is 1. The smallest absolute Gasteiger partial charge is 0.325 e. The highest BCUT2D eigenvalue weighted by atomic mass is 16.5. The lowest BCUT2D eigenvalue weighted by Gasteiger charge is -2.18. The zero-order valence-corrected chi connectivity index (χ0v) is 12.9. The average molecular weight is 314 g/mol. The minimum absolute atomic E-state index is 0.321. The molecule has 0 fully saturated rings. The van der Waals surface area contributed by atoms with Crippen LogP contribution in [0, 0.1) is 0 Å². The highest BCUT2D eigenvalue weighted by Crippen LogP contribution is 2.25. The SMILES string of the molecule is COc1cccc(C(C(=O)O)C(=O)OC(C)c2ccccc2)c1. The Morgan fingerprint density at radius 2 is 1.65 bits per heavy atom. The van der Waals surface area contributed by atoms with Crippen LogP contribution in [0.1, 0.15) is 30.1 Å². The van der Waals surface area contributed by atoms with Gasteiger partial charge in [-0.15, -0.1) is 0 Å². The van der Waals surface area contributed by atoms with Gasteiger partial charge in [0, 0.05) is 0 Å². The predicted octanol–water partition coefficient (Wildman–Crippen LogP) is 3.17. The lowest BCUT2D eigenvalue weighted by Crippen LogP contribution is -2.25. The summed E-state index contributed by atoms with van der Waals surface area (Å²) in [4.78, 5) is 23.8. The summed E-state index contributed by atoms with van der Waals surface area (Å²) in [5, 5.41) is 9.40. The largest absolute Gasteiger partial charge is 0.497 e. The van der Waals surface area contributed by atoms with Crippen molar-refractivity contribution in [2.75, 3.05) is 7.11 Å². The molecule has 23 heavy (non-hydrogen) atoms. The van der Waals surface area contributed by atoms with Crippen molar-refractivity contribution in [1.29, 1.82) is 0 Å². The minimum atomic E-state index is -1.39. The quantitative estimate of drug-likeness (QED) is 0.655. The van der Waals surface area contributed by atoms with E-state index >= 15 is 0 Å². The summed E-state index contributed by atoms with van der Waals surface area (Å²) >= 11 is 0. The van der Waals surface area contributed by atoms with Gasteiger partial charge in [0.15, 0.2) is 5.92 Å². The van der Waals surface area contributed by atoms with Crippen molar-refractivity contribution in [2.45, 2.75) is 18.9 Å². The maximum Gasteiger partial charge on any atom is 0.325 e. The van der Waals surface area contributed by atoms with Crippen molar-refractivity contribution in [1.82, 2.24) is 0 Å². The Hall–Kier alpha value is -2.82. The summed E-state index contributed by atoms with van der Waals surface area (Å²) < 4.78 is 10.4. The van der Waals surface area contributed by atoms with Crippen molar-refractivity contribution in [3.63, 3.8) is 0 Å². The molecule has 2 aromatic carbocycles. The second kappa shape index (κ2) is 7.45. The molecule has 2 atom stereocenters. The first-order valence-corrected chi connectivity index (χ1v) is 7.15. The number of carbonyl (C=O) groups excluding carboxylic acids is 1. The second-order valence-electron chi connectivity index (χ2n) is 5.04. The van der Waals surface area contributed by atoms with E-state index in [9.17, 15) is 14.7 Å². The molecular weight excluding hydrogens is 296 g/mol. The van der Waals surface area contributed by atoms with Gasteiger partial charge in [-0.2, -0.15) is 0 Å². The summed E-state index contributed by atoms with van der Waals surface area (Å²) in [5.74, 6) is -2.97. The first-order valence-electron chi connectivity index (χ1n) is 7.15. The molecule has 0 spiro atoms. The average Bonchev–Trinajstić information content (AvgIpc) is 2.55. The number of benzene rings is 2. The zero-order chi connectivity index (χ0) is 16.8. The summed E-state index contributed by atoms with van der Waals surface area (Å²) in [6.45, 7) is 1.71. The fourth-order valence-corrected chi connectivity index (χ4v) is 2.23. The van der Waals surface area contributed by atoms with Crippen LogP contribution in [0.4, 0.5) is 0 Å². The summed E-state index contributed by atoms with van der Waals surface area (Å²) in [6.07, 6.45) is -0.531. The Balaban J connectivity index is 2.20. The molecule has 0 aliphatic carbocycles. The minimum Gasteiger partial charge on any atom is -0.497 e. The van der Waals surface area contributed by atoms with Crippen LogP contribution >= 0.6 is 0 Å². The van der Waals surface area contributed by atoms with E-state index in [0.29, 0.717) is 11.3 Å². The van der Waals surface area contributed by atoms with Crippen LogP contribution in [0.25, 0.3) is 0 Å². The van der Waals surface area contributed by atoms with Gasteiger partial charge in [-0.3, -0.25) is 9.59 Å². The molecule has 1 N–H and O–H groups in total. The Labute approximate surface area is 134 Å². The van der Waals surface area contributed by atoms with E-state index in [1.54, 1.807) is 25.1 Å². The summed E-state index contributed by atoms with van der Waals surface area (Å²) in [5.41, 5.74) is 1.12. The number of hydrogen-bond acceptors (Lipinski definition) is 4. The molecule has 0 radical (unpaired) electrons. The first-order chi connectivity index (χ1) is 11.0. The molecular formula is C18H18O5. The molecule has 0 aromatic heterocycles. The van der Waals surface area contributed by atoms with E-state index in [-0.39, 0.29) is 0 Å². The van der Waals surface area contributed by atoms with E-state index in [1.165, 1.54) is 13.2 Å². The van der Waals surface area contributed by atoms with E-state index in [4.69, 9.17) is 9.47 Å². The molecule has 0 aliphatic heterocycles. The molecule has 0 saturated heterocycles. The highest BCUT2D eigenvalue weighted by Gasteiger charge is 2.31. The van der Waals surface area contributed by atoms with E-state index in [2.05, 4.69) is 0 Å². The van der Waals surface area contributed by atoms with Crippen molar-refractivity contribution in [2.24, 2.45) is 0 Å². The van der Waals surface area contributed by atoms with Crippen LogP contribution in [0.3, 0.4) is 0 Å². The number of carbonyl (C=O) groups is 2. The Morgan fingerprint density at radius 1 is 1.00 bits per heavy atom. The van der Waals surface area contributed by atoms with Gasteiger partial charge in [0.05, 0.1) is 7.11 Å². The fourth-order valence-electron chi connectivity index (χ4n) is 2.23. The molecule has 2 aromatic rings. The maximum absolute atomic E-state index is 12.3. The normalized spacial score (nSPS) is 13.0. The van der Waals surface area contributed by atoms with Gasteiger partial charge in [0.25, 0.3) is 0 Å². The van der Waals surface area contributed by atoms with Gasteiger partial charge in [0.2, 0.25) is 0 Å². The number of esters is 1. The van der Waals surface area contributed by atoms with E-state index in [0.717, 1.165) is 5.56 Å². The molecule has 0 amide bonds. The van der Waals surface area contributed by atoms with Crippen molar-refractivity contribution >= 4 is 11.9 Å². The van der Waals surface area contributed by atoms with Gasteiger partial charge in [-0.25, -0.2) is 0 Å².